The monoisotopic (exact) mass is 394 g/mol. The Labute approximate surface area is 171 Å². The molecular weight excluding hydrogens is 364 g/mol. The molecule has 1 atom stereocenters. The van der Waals surface area contributed by atoms with Gasteiger partial charge in [0.1, 0.15) is 5.56 Å². The second kappa shape index (κ2) is 10.2. The molecule has 0 bridgehead atoms. The summed E-state index contributed by atoms with van der Waals surface area (Å²) < 4.78 is 0. The van der Waals surface area contributed by atoms with E-state index in [9.17, 15) is 14.4 Å². The standard InChI is InChI=1S/C24H30N2O3/c1-2-3-4-5-6-10-13-25-23(28)20-16-19-21(26-24(20)29)14-18(15-22(19)27)17-11-8-7-9-12-17/h7-9,11-12,16,18H,2-6,10,13-15H2,1H3,(H,25,28)(H,26,29). The highest BCUT2D eigenvalue weighted by atomic mass is 16.2. The highest BCUT2D eigenvalue weighted by molar-refractivity contribution is 6.02. The van der Waals surface area contributed by atoms with Crippen molar-refractivity contribution in [3.63, 3.8) is 0 Å². The van der Waals surface area contributed by atoms with Crippen LogP contribution in [-0.4, -0.2) is 23.2 Å². The van der Waals surface area contributed by atoms with Crippen molar-refractivity contribution in [2.24, 2.45) is 0 Å². The number of nitrogens with one attached hydrogen (secondary N) is 2. The number of fused-ring (bicyclic) bond motifs is 1. The molecule has 0 fully saturated rings. The third kappa shape index (κ3) is 5.43. The highest BCUT2D eigenvalue weighted by Crippen LogP contribution is 2.31. The SMILES string of the molecule is CCCCCCCCNC(=O)c1cc2c([nH]c1=O)CC(c1ccccc1)CC2=O. The van der Waals surface area contributed by atoms with Crippen LogP contribution in [0.2, 0.25) is 0 Å². The molecule has 154 valence electrons. The van der Waals surface area contributed by atoms with E-state index in [-0.39, 0.29) is 17.3 Å². The van der Waals surface area contributed by atoms with Crippen LogP contribution in [0.4, 0.5) is 0 Å². The average molecular weight is 395 g/mol. The molecule has 5 heteroatoms. The first-order valence-corrected chi connectivity index (χ1v) is 10.7. The number of Topliss-reactive ketones (excluding diaryl/α,β-unsaturated/α-hetero) is 1. The zero-order valence-corrected chi connectivity index (χ0v) is 17.1. The van der Waals surface area contributed by atoms with Crippen molar-refractivity contribution in [3.8, 4) is 0 Å². The van der Waals surface area contributed by atoms with E-state index in [0.717, 1.165) is 18.4 Å². The molecule has 0 saturated heterocycles. The summed E-state index contributed by atoms with van der Waals surface area (Å²) in [5.41, 5.74) is 1.80. The number of hydrogen-bond donors (Lipinski definition) is 2. The maximum atomic E-state index is 12.7. The summed E-state index contributed by atoms with van der Waals surface area (Å²) in [6.45, 7) is 2.73. The fourth-order valence-electron chi connectivity index (χ4n) is 3.96. The number of H-pyrrole nitrogens is 1. The first-order chi connectivity index (χ1) is 14.1. The fourth-order valence-corrected chi connectivity index (χ4v) is 3.96. The lowest BCUT2D eigenvalue weighted by atomic mass is 9.81. The van der Waals surface area contributed by atoms with Crippen LogP contribution in [0, 0.1) is 0 Å². The molecule has 0 saturated carbocycles. The number of benzene rings is 1. The van der Waals surface area contributed by atoms with Crippen molar-refractivity contribution < 1.29 is 9.59 Å². The molecule has 2 aromatic rings. The minimum absolute atomic E-state index is 0.0265. The van der Waals surface area contributed by atoms with Gasteiger partial charge in [0.25, 0.3) is 11.5 Å². The molecule has 29 heavy (non-hydrogen) atoms. The number of carbonyl (C=O) groups is 2. The largest absolute Gasteiger partial charge is 0.352 e. The van der Waals surface area contributed by atoms with E-state index in [4.69, 9.17) is 0 Å². The van der Waals surface area contributed by atoms with Gasteiger partial charge >= 0.3 is 0 Å². The molecule has 2 N–H and O–H groups in total. The summed E-state index contributed by atoms with van der Waals surface area (Å²) in [6.07, 6.45) is 7.80. The minimum Gasteiger partial charge on any atom is -0.352 e. The molecule has 1 unspecified atom stereocenters. The molecule has 0 spiro atoms. The summed E-state index contributed by atoms with van der Waals surface area (Å²) >= 11 is 0. The Balaban J connectivity index is 1.63. The number of aromatic amines is 1. The molecule has 0 aliphatic heterocycles. The number of carbonyl (C=O) groups excluding carboxylic acids is 2. The topological polar surface area (TPSA) is 79.0 Å². The fraction of sp³-hybridized carbons (Fsp3) is 0.458. The maximum Gasteiger partial charge on any atom is 0.261 e. The maximum absolute atomic E-state index is 12.7. The van der Waals surface area contributed by atoms with E-state index >= 15 is 0 Å². The molecule has 1 aliphatic rings. The number of ketones is 1. The van der Waals surface area contributed by atoms with Crippen LogP contribution in [0.1, 0.15) is 89.8 Å². The van der Waals surface area contributed by atoms with Gasteiger partial charge in [0.2, 0.25) is 0 Å². The van der Waals surface area contributed by atoms with Gasteiger partial charge in [-0.15, -0.1) is 0 Å². The van der Waals surface area contributed by atoms with Crippen LogP contribution in [0.25, 0.3) is 0 Å². The summed E-state index contributed by atoms with van der Waals surface area (Å²) in [5, 5.41) is 2.82. The van der Waals surface area contributed by atoms with Gasteiger partial charge in [-0.1, -0.05) is 69.4 Å². The molecule has 1 aromatic heterocycles. The van der Waals surface area contributed by atoms with Gasteiger partial charge in [0.15, 0.2) is 5.78 Å². The van der Waals surface area contributed by atoms with Crippen molar-refractivity contribution in [2.75, 3.05) is 6.54 Å². The van der Waals surface area contributed by atoms with Crippen LogP contribution in [0.5, 0.6) is 0 Å². The van der Waals surface area contributed by atoms with E-state index < -0.39 is 11.5 Å². The molecule has 0 radical (unpaired) electrons. The van der Waals surface area contributed by atoms with Crippen molar-refractivity contribution in [2.45, 2.75) is 64.2 Å². The van der Waals surface area contributed by atoms with Crippen LogP contribution < -0.4 is 10.9 Å². The average Bonchev–Trinajstić information content (AvgIpc) is 2.73. The third-order valence-corrected chi connectivity index (χ3v) is 5.64. The Morgan fingerprint density at radius 1 is 1.03 bits per heavy atom. The van der Waals surface area contributed by atoms with Crippen LogP contribution in [0.3, 0.4) is 0 Å². The van der Waals surface area contributed by atoms with Crippen LogP contribution in [0.15, 0.2) is 41.2 Å². The Morgan fingerprint density at radius 2 is 1.76 bits per heavy atom. The normalized spacial score (nSPS) is 15.8. The number of aromatic nitrogens is 1. The quantitative estimate of drug-likeness (QED) is 0.620. The Hall–Kier alpha value is -2.69. The smallest absolute Gasteiger partial charge is 0.261 e. The Bertz CT molecular complexity index is 902. The molecule has 3 rings (SSSR count). The minimum atomic E-state index is -0.425. The lowest BCUT2D eigenvalue weighted by Gasteiger charge is -2.24. The number of rotatable bonds is 9. The highest BCUT2D eigenvalue weighted by Gasteiger charge is 2.28. The van der Waals surface area contributed by atoms with Gasteiger partial charge in [-0.3, -0.25) is 14.4 Å². The Morgan fingerprint density at radius 3 is 2.52 bits per heavy atom. The lowest BCUT2D eigenvalue weighted by molar-refractivity contribution is 0.0951. The lowest BCUT2D eigenvalue weighted by Crippen LogP contribution is -2.33. The van der Waals surface area contributed by atoms with Gasteiger partial charge in [-0.25, -0.2) is 0 Å². The number of amides is 1. The molecular formula is C24H30N2O3. The predicted octanol–water partition coefficient (Wildman–Crippen LogP) is 4.38. The molecule has 1 aliphatic carbocycles. The van der Waals surface area contributed by atoms with E-state index in [2.05, 4.69) is 17.2 Å². The first kappa shape index (κ1) is 21.0. The number of pyridine rings is 1. The summed E-state index contributed by atoms with van der Waals surface area (Å²) in [7, 11) is 0. The summed E-state index contributed by atoms with van der Waals surface area (Å²) in [4.78, 5) is 40.4. The van der Waals surface area contributed by atoms with Gasteiger partial charge in [-0.2, -0.15) is 0 Å². The predicted molar refractivity (Wildman–Crippen MR) is 115 cm³/mol. The first-order valence-electron chi connectivity index (χ1n) is 10.7. The van der Waals surface area contributed by atoms with E-state index in [1.54, 1.807) is 0 Å². The molecule has 5 nitrogen and oxygen atoms in total. The van der Waals surface area contributed by atoms with E-state index in [0.29, 0.717) is 30.6 Å². The van der Waals surface area contributed by atoms with Crippen molar-refractivity contribution in [1.82, 2.24) is 10.3 Å². The zero-order chi connectivity index (χ0) is 20.6. The molecule has 1 aromatic carbocycles. The molecule has 1 amide bonds. The number of unbranched alkanes of at least 4 members (excludes halogenated alkanes) is 5. The third-order valence-electron chi connectivity index (χ3n) is 5.64. The van der Waals surface area contributed by atoms with Crippen LogP contribution >= 0.6 is 0 Å². The van der Waals surface area contributed by atoms with Crippen molar-refractivity contribution in [1.29, 1.82) is 0 Å². The van der Waals surface area contributed by atoms with Crippen molar-refractivity contribution in [3.05, 3.63) is 69.1 Å². The number of hydrogen-bond acceptors (Lipinski definition) is 3. The van der Waals surface area contributed by atoms with Gasteiger partial charge in [-0.05, 0) is 30.4 Å². The van der Waals surface area contributed by atoms with E-state index in [1.165, 1.54) is 31.7 Å². The molecule has 1 heterocycles. The zero-order valence-electron chi connectivity index (χ0n) is 17.1. The van der Waals surface area contributed by atoms with Gasteiger partial charge in [0, 0.05) is 24.2 Å². The Kier molecular flexibility index (Phi) is 7.39. The van der Waals surface area contributed by atoms with Gasteiger partial charge < -0.3 is 10.3 Å². The summed E-state index contributed by atoms with van der Waals surface area (Å²) in [6, 6.07) is 11.3. The summed E-state index contributed by atoms with van der Waals surface area (Å²) in [5.74, 6) is -0.374. The van der Waals surface area contributed by atoms with Crippen LogP contribution in [-0.2, 0) is 6.42 Å². The van der Waals surface area contributed by atoms with E-state index in [1.807, 2.05) is 30.3 Å². The van der Waals surface area contributed by atoms with Crippen molar-refractivity contribution >= 4 is 11.7 Å². The van der Waals surface area contributed by atoms with Gasteiger partial charge in [0.05, 0.1) is 0 Å². The second-order valence-corrected chi connectivity index (χ2v) is 7.87. The second-order valence-electron chi connectivity index (χ2n) is 7.87.